The molecule has 2 heterocycles. The number of aliphatic hydroxyl groups is 1. The van der Waals surface area contributed by atoms with E-state index in [0.717, 1.165) is 31.9 Å². The maximum atomic E-state index is 12.1. The Balaban J connectivity index is 1.95. The Labute approximate surface area is 113 Å². The van der Waals surface area contributed by atoms with Gasteiger partial charge in [0.1, 0.15) is 0 Å². The molecule has 0 aromatic carbocycles. The highest BCUT2D eigenvalue weighted by molar-refractivity contribution is 5.78. The molecule has 0 saturated carbocycles. The molecule has 1 N–H and O–H groups in total. The van der Waals surface area contributed by atoms with Gasteiger partial charge in [-0.05, 0) is 13.8 Å². The molecule has 0 aliphatic carbocycles. The van der Waals surface area contributed by atoms with Crippen LogP contribution in [0.1, 0.15) is 25.1 Å². The first-order valence-corrected chi connectivity index (χ1v) is 6.84. The summed E-state index contributed by atoms with van der Waals surface area (Å²) in [4.78, 5) is 16.0. The number of likely N-dealkylation sites (N-methyl/N-ethyl adjacent to an activating group) is 1. The monoisotopic (exact) mass is 266 g/mol. The van der Waals surface area contributed by atoms with Crippen LogP contribution in [0, 0.1) is 0 Å². The average molecular weight is 266 g/mol. The number of carbonyl (C=O) groups excluding carboxylic acids is 1. The summed E-state index contributed by atoms with van der Waals surface area (Å²) in [6.07, 6.45) is 1.84. The molecule has 1 aliphatic heterocycles. The summed E-state index contributed by atoms with van der Waals surface area (Å²) in [5.74, 6) is 0.178. The minimum Gasteiger partial charge on any atom is -0.394 e. The number of carbonyl (C=O) groups is 1. The fourth-order valence-corrected chi connectivity index (χ4v) is 2.54. The molecule has 1 aromatic rings. The molecule has 19 heavy (non-hydrogen) atoms. The SMILES string of the molecule is CCN(CC)C(=O)CN1Cc2cnn(CCO)c2C1. The van der Waals surface area contributed by atoms with Gasteiger partial charge in [-0.15, -0.1) is 0 Å². The second-order valence-corrected chi connectivity index (χ2v) is 4.77. The molecule has 1 amide bonds. The van der Waals surface area contributed by atoms with Crippen molar-refractivity contribution in [2.75, 3.05) is 26.2 Å². The minimum absolute atomic E-state index is 0.0898. The van der Waals surface area contributed by atoms with Gasteiger partial charge in [0.15, 0.2) is 0 Å². The molecule has 0 bridgehead atoms. The zero-order valence-electron chi connectivity index (χ0n) is 11.7. The van der Waals surface area contributed by atoms with Crippen LogP contribution in [0.4, 0.5) is 0 Å². The molecule has 6 nitrogen and oxygen atoms in total. The summed E-state index contributed by atoms with van der Waals surface area (Å²) in [7, 11) is 0. The second kappa shape index (κ2) is 6.16. The van der Waals surface area contributed by atoms with Crippen molar-refractivity contribution >= 4 is 5.91 Å². The highest BCUT2D eigenvalue weighted by Gasteiger charge is 2.25. The zero-order chi connectivity index (χ0) is 13.8. The van der Waals surface area contributed by atoms with Crippen molar-refractivity contribution in [3.05, 3.63) is 17.5 Å². The normalized spacial score (nSPS) is 14.7. The van der Waals surface area contributed by atoms with Gasteiger partial charge in [-0.1, -0.05) is 0 Å². The summed E-state index contributed by atoms with van der Waals surface area (Å²) in [6.45, 7) is 8.09. The van der Waals surface area contributed by atoms with Crippen LogP contribution in [-0.2, 0) is 24.4 Å². The molecule has 2 rings (SSSR count). The van der Waals surface area contributed by atoms with Gasteiger partial charge in [-0.2, -0.15) is 5.10 Å². The lowest BCUT2D eigenvalue weighted by molar-refractivity contribution is -0.132. The van der Waals surface area contributed by atoms with Gasteiger partial charge in [0.2, 0.25) is 5.91 Å². The molecule has 1 aliphatic rings. The number of hydrogen-bond donors (Lipinski definition) is 1. The summed E-state index contributed by atoms with van der Waals surface area (Å²) in [5, 5.41) is 13.2. The first-order chi connectivity index (χ1) is 9.19. The third-order valence-electron chi connectivity index (χ3n) is 3.59. The van der Waals surface area contributed by atoms with Crippen molar-refractivity contribution in [2.24, 2.45) is 0 Å². The van der Waals surface area contributed by atoms with Crippen LogP contribution >= 0.6 is 0 Å². The van der Waals surface area contributed by atoms with E-state index in [0.29, 0.717) is 13.1 Å². The maximum absolute atomic E-state index is 12.1. The molecule has 0 unspecified atom stereocenters. The third-order valence-corrected chi connectivity index (χ3v) is 3.59. The highest BCUT2D eigenvalue weighted by atomic mass is 16.3. The fourth-order valence-electron chi connectivity index (χ4n) is 2.54. The largest absolute Gasteiger partial charge is 0.394 e. The molecule has 0 atom stereocenters. The van der Waals surface area contributed by atoms with Gasteiger partial charge in [0.05, 0.1) is 31.6 Å². The second-order valence-electron chi connectivity index (χ2n) is 4.77. The van der Waals surface area contributed by atoms with Gasteiger partial charge in [-0.25, -0.2) is 0 Å². The van der Waals surface area contributed by atoms with Gasteiger partial charge in [-0.3, -0.25) is 14.4 Å². The van der Waals surface area contributed by atoms with E-state index >= 15 is 0 Å². The summed E-state index contributed by atoms with van der Waals surface area (Å²) >= 11 is 0. The summed E-state index contributed by atoms with van der Waals surface area (Å²) < 4.78 is 1.83. The molecular weight excluding hydrogens is 244 g/mol. The van der Waals surface area contributed by atoms with E-state index in [1.807, 2.05) is 29.6 Å². The van der Waals surface area contributed by atoms with Crippen LogP contribution in [0.15, 0.2) is 6.20 Å². The van der Waals surface area contributed by atoms with Crippen molar-refractivity contribution in [1.29, 1.82) is 0 Å². The van der Waals surface area contributed by atoms with Crippen LogP contribution in [0.5, 0.6) is 0 Å². The Morgan fingerprint density at radius 2 is 2.16 bits per heavy atom. The third kappa shape index (κ3) is 2.96. The van der Waals surface area contributed by atoms with Crippen LogP contribution < -0.4 is 0 Å². The Kier molecular flexibility index (Phi) is 4.55. The smallest absolute Gasteiger partial charge is 0.236 e. The quantitative estimate of drug-likeness (QED) is 0.791. The van der Waals surface area contributed by atoms with Crippen molar-refractivity contribution in [1.82, 2.24) is 19.6 Å². The van der Waals surface area contributed by atoms with Crippen molar-refractivity contribution in [3.8, 4) is 0 Å². The number of nitrogens with zero attached hydrogens (tertiary/aromatic N) is 4. The number of rotatable bonds is 6. The Morgan fingerprint density at radius 1 is 1.42 bits per heavy atom. The zero-order valence-corrected chi connectivity index (χ0v) is 11.7. The van der Waals surface area contributed by atoms with E-state index in [4.69, 9.17) is 5.11 Å². The lowest BCUT2D eigenvalue weighted by atomic mass is 10.3. The molecule has 0 saturated heterocycles. The predicted octanol–water partition coefficient (Wildman–Crippen LogP) is 0.0594. The van der Waals surface area contributed by atoms with Gasteiger partial charge in [0, 0.05) is 31.7 Å². The van der Waals surface area contributed by atoms with Crippen molar-refractivity contribution < 1.29 is 9.90 Å². The highest BCUT2D eigenvalue weighted by Crippen LogP contribution is 2.22. The number of amides is 1. The first-order valence-electron chi connectivity index (χ1n) is 6.84. The van der Waals surface area contributed by atoms with Crippen LogP contribution in [0.3, 0.4) is 0 Å². The summed E-state index contributed by atoms with van der Waals surface area (Å²) in [5.41, 5.74) is 2.29. The fraction of sp³-hybridized carbons (Fsp3) is 0.692. The number of fused-ring (bicyclic) bond motifs is 1. The van der Waals surface area contributed by atoms with E-state index in [-0.39, 0.29) is 12.5 Å². The van der Waals surface area contributed by atoms with Crippen molar-refractivity contribution in [2.45, 2.75) is 33.5 Å². The van der Waals surface area contributed by atoms with Crippen LogP contribution in [0.25, 0.3) is 0 Å². The molecule has 1 aromatic heterocycles. The lowest BCUT2D eigenvalue weighted by Gasteiger charge is -2.22. The number of hydrogen-bond acceptors (Lipinski definition) is 4. The van der Waals surface area contributed by atoms with E-state index < -0.39 is 0 Å². The Morgan fingerprint density at radius 3 is 2.79 bits per heavy atom. The van der Waals surface area contributed by atoms with E-state index in [9.17, 15) is 4.79 Å². The van der Waals surface area contributed by atoms with Gasteiger partial charge >= 0.3 is 0 Å². The Bertz CT molecular complexity index is 440. The van der Waals surface area contributed by atoms with E-state index in [1.54, 1.807) is 0 Å². The molecule has 0 spiro atoms. The molecular formula is C13H22N4O2. The van der Waals surface area contributed by atoms with Crippen molar-refractivity contribution in [3.63, 3.8) is 0 Å². The molecule has 6 heteroatoms. The number of aliphatic hydroxyl groups excluding tert-OH is 1. The maximum Gasteiger partial charge on any atom is 0.236 e. The standard InChI is InChI=1S/C13H22N4O2/c1-3-16(4-2)13(19)10-15-8-11-7-14-17(5-6-18)12(11)9-15/h7,18H,3-6,8-10H2,1-2H3. The van der Waals surface area contributed by atoms with Gasteiger partial charge in [0.25, 0.3) is 0 Å². The molecule has 0 fully saturated rings. The molecule has 106 valence electrons. The van der Waals surface area contributed by atoms with E-state index in [2.05, 4.69) is 10.00 Å². The minimum atomic E-state index is 0.0898. The number of aromatic nitrogens is 2. The predicted molar refractivity (Wildman–Crippen MR) is 71.4 cm³/mol. The van der Waals surface area contributed by atoms with Crippen LogP contribution in [-0.4, -0.2) is 56.8 Å². The molecule has 0 radical (unpaired) electrons. The first kappa shape index (κ1) is 14.0. The average Bonchev–Trinajstić information content (AvgIpc) is 2.93. The van der Waals surface area contributed by atoms with Crippen LogP contribution in [0.2, 0.25) is 0 Å². The van der Waals surface area contributed by atoms with E-state index in [1.165, 1.54) is 5.56 Å². The van der Waals surface area contributed by atoms with Gasteiger partial charge < -0.3 is 10.0 Å². The topological polar surface area (TPSA) is 61.6 Å². The summed E-state index contributed by atoms with van der Waals surface area (Å²) in [6, 6.07) is 0. The Hall–Kier alpha value is -1.40. The lowest BCUT2D eigenvalue weighted by Crippen LogP contribution is -2.38.